The molecule has 0 aliphatic carbocycles. The summed E-state index contributed by atoms with van der Waals surface area (Å²) in [5.41, 5.74) is 4.46. The van der Waals surface area contributed by atoms with E-state index in [0.29, 0.717) is 0 Å². The number of para-hydroxylation sites is 1. The number of thioether (sulfide) groups is 1. The van der Waals surface area contributed by atoms with Crippen molar-refractivity contribution < 1.29 is 0 Å². The molecule has 0 aromatic heterocycles. The number of nitrogens with one attached hydrogen (secondary N) is 1. The van der Waals surface area contributed by atoms with Crippen LogP contribution in [0.3, 0.4) is 0 Å². The Morgan fingerprint density at radius 3 is 2.45 bits per heavy atom. The second kappa shape index (κ2) is 3.15. The van der Waals surface area contributed by atoms with Crippen LogP contribution in [0.2, 0.25) is 0 Å². The third kappa shape index (κ3) is 1.67. The fraction of sp³-hybridized carbons (Fsp3) is 0.250. The second-order valence-electron chi connectivity index (χ2n) is 2.48. The Morgan fingerprint density at radius 1 is 1.18 bits per heavy atom. The maximum atomic E-state index is 3.29. The zero-order valence-corrected chi connectivity index (χ0v) is 6.97. The Balaban J connectivity index is 1.95. The Kier molecular flexibility index (Phi) is 2.01. The first-order chi connectivity index (χ1) is 5.45. The molecule has 58 valence electrons. The SMILES string of the molecule is c1ccc(NN2CSC2)cc1. The molecule has 1 aromatic carbocycles. The Morgan fingerprint density at radius 2 is 1.91 bits per heavy atom. The van der Waals surface area contributed by atoms with Gasteiger partial charge in [0.2, 0.25) is 0 Å². The molecule has 0 bridgehead atoms. The quantitative estimate of drug-likeness (QED) is 0.723. The van der Waals surface area contributed by atoms with Gasteiger partial charge in [-0.1, -0.05) is 18.2 Å². The summed E-state index contributed by atoms with van der Waals surface area (Å²) in [5, 5.41) is 2.18. The van der Waals surface area contributed by atoms with E-state index >= 15 is 0 Å². The highest BCUT2D eigenvalue weighted by atomic mass is 32.2. The van der Waals surface area contributed by atoms with Gasteiger partial charge in [0.25, 0.3) is 0 Å². The fourth-order valence-corrected chi connectivity index (χ4v) is 1.44. The fourth-order valence-electron chi connectivity index (χ4n) is 0.942. The molecular weight excluding hydrogens is 156 g/mol. The maximum Gasteiger partial charge on any atom is 0.0658 e. The first-order valence-electron chi connectivity index (χ1n) is 3.59. The number of anilines is 1. The minimum atomic E-state index is 1.09. The van der Waals surface area contributed by atoms with Gasteiger partial charge in [-0.2, -0.15) is 0 Å². The maximum absolute atomic E-state index is 3.29. The highest BCUT2D eigenvalue weighted by Crippen LogP contribution is 2.19. The molecule has 0 saturated carbocycles. The Bertz CT molecular complexity index is 221. The van der Waals surface area contributed by atoms with Crippen molar-refractivity contribution in [2.24, 2.45) is 0 Å². The van der Waals surface area contributed by atoms with E-state index in [1.807, 2.05) is 30.0 Å². The predicted molar refractivity (Wildman–Crippen MR) is 49.2 cm³/mol. The van der Waals surface area contributed by atoms with E-state index in [9.17, 15) is 0 Å². The average molecular weight is 166 g/mol. The molecule has 0 unspecified atom stereocenters. The summed E-state index contributed by atoms with van der Waals surface area (Å²) >= 11 is 1.93. The van der Waals surface area contributed by atoms with Gasteiger partial charge in [-0.05, 0) is 12.1 Å². The molecule has 1 heterocycles. The van der Waals surface area contributed by atoms with Crippen molar-refractivity contribution in [2.75, 3.05) is 17.2 Å². The summed E-state index contributed by atoms with van der Waals surface area (Å²) in [6.07, 6.45) is 0. The Labute approximate surface area is 70.6 Å². The lowest BCUT2D eigenvalue weighted by atomic mass is 10.3. The van der Waals surface area contributed by atoms with Gasteiger partial charge >= 0.3 is 0 Å². The molecular formula is C8H10N2S. The van der Waals surface area contributed by atoms with Gasteiger partial charge in [0.1, 0.15) is 0 Å². The molecule has 3 heteroatoms. The van der Waals surface area contributed by atoms with Gasteiger partial charge in [-0.25, -0.2) is 5.01 Å². The summed E-state index contributed by atoms with van der Waals surface area (Å²) in [7, 11) is 0. The van der Waals surface area contributed by atoms with Crippen LogP contribution in [0.15, 0.2) is 30.3 Å². The van der Waals surface area contributed by atoms with Gasteiger partial charge in [0, 0.05) is 5.69 Å². The third-order valence-corrected chi connectivity index (χ3v) is 2.54. The lowest BCUT2D eigenvalue weighted by Gasteiger charge is -2.30. The topological polar surface area (TPSA) is 15.3 Å². The summed E-state index contributed by atoms with van der Waals surface area (Å²) in [6, 6.07) is 10.2. The number of benzene rings is 1. The molecule has 1 aromatic rings. The van der Waals surface area contributed by atoms with Gasteiger partial charge in [0.05, 0.1) is 11.8 Å². The zero-order chi connectivity index (χ0) is 7.52. The molecule has 0 spiro atoms. The van der Waals surface area contributed by atoms with Crippen LogP contribution < -0.4 is 5.43 Å². The minimum Gasteiger partial charge on any atom is -0.317 e. The van der Waals surface area contributed by atoms with Crippen LogP contribution in [0.4, 0.5) is 5.69 Å². The number of nitrogens with zero attached hydrogens (tertiary/aromatic N) is 1. The van der Waals surface area contributed by atoms with Crippen molar-refractivity contribution in [1.29, 1.82) is 0 Å². The minimum absolute atomic E-state index is 1.09. The van der Waals surface area contributed by atoms with Gasteiger partial charge in [-0.15, -0.1) is 11.8 Å². The van der Waals surface area contributed by atoms with Crippen molar-refractivity contribution in [3.8, 4) is 0 Å². The molecule has 1 fully saturated rings. The van der Waals surface area contributed by atoms with Gasteiger partial charge in [0.15, 0.2) is 0 Å². The lowest BCUT2D eigenvalue weighted by Crippen LogP contribution is -2.37. The number of hydrogen-bond donors (Lipinski definition) is 1. The van der Waals surface area contributed by atoms with E-state index in [0.717, 1.165) is 11.8 Å². The standard InChI is InChI=1S/C8H10N2S/c1-2-4-8(5-3-1)9-10-6-11-7-10/h1-5,9H,6-7H2. The van der Waals surface area contributed by atoms with Crippen LogP contribution in [-0.2, 0) is 0 Å². The molecule has 1 aliphatic heterocycles. The number of hydrogen-bond acceptors (Lipinski definition) is 3. The van der Waals surface area contributed by atoms with E-state index in [2.05, 4.69) is 22.6 Å². The second-order valence-corrected chi connectivity index (χ2v) is 3.40. The third-order valence-electron chi connectivity index (χ3n) is 1.56. The van der Waals surface area contributed by atoms with Gasteiger partial charge in [-0.3, -0.25) is 0 Å². The lowest BCUT2D eigenvalue weighted by molar-refractivity contribution is 0.423. The predicted octanol–water partition coefficient (Wildman–Crippen LogP) is 1.98. The average Bonchev–Trinajstić information content (AvgIpc) is 1.99. The van der Waals surface area contributed by atoms with Crippen LogP contribution >= 0.6 is 11.8 Å². The van der Waals surface area contributed by atoms with Crippen LogP contribution in [0.1, 0.15) is 0 Å². The molecule has 0 atom stereocenters. The van der Waals surface area contributed by atoms with Crippen molar-refractivity contribution >= 4 is 17.4 Å². The van der Waals surface area contributed by atoms with E-state index in [1.54, 1.807) is 0 Å². The number of rotatable bonds is 2. The zero-order valence-electron chi connectivity index (χ0n) is 6.16. The van der Waals surface area contributed by atoms with E-state index < -0.39 is 0 Å². The van der Waals surface area contributed by atoms with Crippen molar-refractivity contribution in [1.82, 2.24) is 5.01 Å². The summed E-state index contributed by atoms with van der Waals surface area (Å²) in [4.78, 5) is 0. The van der Waals surface area contributed by atoms with Crippen LogP contribution in [-0.4, -0.2) is 16.8 Å². The highest BCUT2D eigenvalue weighted by Gasteiger charge is 2.12. The molecule has 11 heavy (non-hydrogen) atoms. The normalized spacial score (nSPS) is 17.5. The molecule has 2 nitrogen and oxygen atoms in total. The molecule has 1 saturated heterocycles. The van der Waals surface area contributed by atoms with Crippen LogP contribution in [0.5, 0.6) is 0 Å². The van der Waals surface area contributed by atoms with E-state index in [4.69, 9.17) is 0 Å². The first-order valence-corrected chi connectivity index (χ1v) is 4.75. The van der Waals surface area contributed by atoms with Crippen molar-refractivity contribution in [3.05, 3.63) is 30.3 Å². The molecule has 1 aliphatic rings. The van der Waals surface area contributed by atoms with E-state index in [1.165, 1.54) is 5.69 Å². The summed E-state index contributed by atoms with van der Waals surface area (Å²) in [5.74, 6) is 2.18. The van der Waals surface area contributed by atoms with Gasteiger partial charge < -0.3 is 5.43 Å². The van der Waals surface area contributed by atoms with E-state index in [-0.39, 0.29) is 0 Å². The first kappa shape index (κ1) is 7.00. The highest BCUT2D eigenvalue weighted by molar-refractivity contribution is 8.00. The largest absolute Gasteiger partial charge is 0.317 e. The van der Waals surface area contributed by atoms with Crippen LogP contribution in [0, 0.1) is 0 Å². The molecule has 0 amide bonds. The monoisotopic (exact) mass is 166 g/mol. The van der Waals surface area contributed by atoms with Crippen molar-refractivity contribution in [2.45, 2.75) is 0 Å². The number of hydrazine groups is 1. The molecule has 1 N–H and O–H groups in total. The molecule has 2 rings (SSSR count). The Hall–Kier alpha value is -0.670. The summed E-state index contributed by atoms with van der Waals surface area (Å²) in [6.45, 7) is 0. The van der Waals surface area contributed by atoms with Crippen LogP contribution in [0.25, 0.3) is 0 Å². The smallest absolute Gasteiger partial charge is 0.0658 e. The van der Waals surface area contributed by atoms with Crippen molar-refractivity contribution in [3.63, 3.8) is 0 Å². The molecule has 0 radical (unpaired) electrons. The summed E-state index contributed by atoms with van der Waals surface area (Å²) < 4.78 is 0.